The molecule has 0 aliphatic rings. The Kier molecular flexibility index (Phi) is 5.41. The van der Waals surface area contributed by atoms with Crippen LogP contribution in [0.3, 0.4) is 0 Å². The van der Waals surface area contributed by atoms with E-state index < -0.39 is 0 Å². The summed E-state index contributed by atoms with van der Waals surface area (Å²) in [5.74, 6) is 0.763. The molecule has 2 rings (SSSR count). The van der Waals surface area contributed by atoms with Gasteiger partial charge in [-0.15, -0.1) is 0 Å². The largest absolute Gasteiger partial charge is 0.312 e. The summed E-state index contributed by atoms with van der Waals surface area (Å²) < 4.78 is 0. The maximum absolute atomic E-state index is 3.58. The molecule has 21 heavy (non-hydrogen) atoms. The predicted octanol–water partition coefficient (Wildman–Crippen LogP) is 5.19. The third-order valence-electron chi connectivity index (χ3n) is 4.08. The highest BCUT2D eigenvalue weighted by Gasteiger charge is 2.10. The number of benzene rings is 2. The van der Waals surface area contributed by atoms with Gasteiger partial charge < -0.3 is 5.32 Å². The van der Waals surface area contributed by atoms with Crippen molar-refractivity contribution in [2.24, 2.45) is 5.92 Å². The van der Waals surface area contributed by atoms with Crippen molar-refractivity contribution in [1.82, 2.24) is 5.32 Å². The Bertz CT molecular complexity index is 560. The minimum atomic E-state index is 0.232. The van der Waals surface area contributed by atoms with Crippen molar-refractivity contribution in [3.05, 3.63) is 48.0 Å². The van der Waals surface area contributed by atoms with E-state index in [0.717, 1.165) is 12.5 Å². The average molecular weight is 283 g/mol. The molecule has 0 aliphatic heterocycles. The van der Waals surface area contributed by atoms with Gasteiger partial charge in [0.15, 0.2) is 0 Å². The summed E-state index contributed by atoms with van der Waals surface area (Å²) in [5.41, 5.74) is 1.72. The first-order valence-corrected chi connectivity index (χ1v) is 8.17. The highest BCUT2D eigenvalue weighted by Crippen LogP contribution is 2.21. The van der Waals surface area contributed by atoms with Crippen molar-refractivity contribution >= 4 is 10.8 Å². The monoisotopic (exact) mass is 283 g/mol. The topological polar surface area (TPSA) is 12.0 Å². The van der Waals surface area contributed by atoms with Crippen molar-refractivity contribution in [2.45, 2.75) is 52.5 Å². The van der Waals surface area contributed by atoms with Crippen molar-refractivity contribution in [3.63, 3.8) is 0 Å². The fraction of sp³-hybridized carbons (Fsp3) is 0.500. The number of hydrogen-bond donors (Lipinski definition) is 1. The Morgan fingerprint density at radius 2 is 1.67 bits per heavy atom. The summed E-state index contributed by atoms with van der Waals surface area (Å²) in [6.07, 6.45) is 3.69. The van der Waals surface area contributed by atoms with Crippen LogP contribution in [-0.4, -0.2) is 12.1 Å². The summed E-state index contributed by atoms with van der Waals surface area (Å²) in [6.45, 7) is 10.2. The molecule has 0 saturated carbocycles. The molecule has 1 unspecified atom stereocenters. The number of rotatable bonds is 6. The maximum Gasteiger partial charge on any atom is 0.00965 e. The number of fused-ring (bicyclic) bond motifs is 1. The maximum atomic E-state index is 3.58. The quantitative estimate of drug-likeness (QED) is 0.769. The van der Waals surface area contributed by atoms with Crippen molar-refractivity contribution in [1.29, 1.82) is 0 Å². The lowest BCUT2D eigenvalue weighted by molar-refractivity contribution is 0.387. The molecule has 0 fully saturated rings. The van der Waals surface area contributed by atoms with E-state index in [1.54, 1.807) is 0 Å². The Hall–Kier alpha value is -1.34. The van der Waals surface area contributed by atoms with Crippen molar-refractivity contribution in [3.8, 4) is 0 Å². The zero-order valence-corrected chi connectivity index (χ0v) is 13.9. The fourth-order valence-corrected chi connectivity index (χ4v) is 2.75. The Morgan fingerprint density at radius 3 is 2.43 bits per heavy atom. The molecule has 1 nitrogen and oxygen atoms in total. The second kappa shape index (κ2) is 7.09. The van der Waals surface area contributed by atoms with Gasteiger partial charge in [0, 0.05) is 5.54 Å². The van der Waals surface area contributed by atoms with E-state index in [1.807, 2.05) is 0 Å². The molecule has 0 amide bonds. The predicted molar refractivity (Wildman–Crippen MR) is 93.8 cm³/mol. The molecular formula is C20H29N. The highest BCUT2D eigenvalue weighted by molar-refractivity contribution is 5.85. The van der Waals surface area contributed by atoms with Crippen LogP contribution in [0, 0.1) is 5.92 Å². The van der Waals surface area contributed by atoms with Gasteiger partial charge in [0.05, 0.1) is 0 Å². The van der Waals surface area contributed by atoms with E-state index in [4.69, 9.17) is 0 Å². The number of hydrogen-bond acceptors (Lipinski definition) is 1. The third-order valence-corrected chi connectivity index (χ3v) is 4.08. The highest BCUT2D eigenvalue weighted by atomic mass is 14.9. The molecular weight excluding hydrogens is 254 g/mol. The molecule has 0 spiro atoms. The van der Waals surface area contributed by atoms with Gasteiger partial charge in [0.2, 0.25) is 0 Å². The van der Waals surface area contributed by atoms with Gasteiger partial charge in [-0.3, -0.25) is 0 Å². The van der Waals surface area contributed by atoms with E-state index in [2.05, 4.69) is 75.5 Å². The van der Waals surface area contributed by atoms with Crippen LogP contribution in [0.25, 0.3) is 10.8 Å². The molecule has 0 aliphatic carbocycles. The van der Waals surface area contributed by atoms with Gasteiger partial charge in [0.1, 0.15) is 0 Å². The summed E-state index contributed by atoms with van der Waals surface area (Å²) in [6, 6.07) is 15.4. The average Bonchev–Trinajstić information content (AvgIpc) is 2.43. The van der Waals surface area contributed by atoms with Crippen LogP contribution in [0.5, 0.6) is 0 Å². The van der Waals surface area contributed by atoms with Crippen molar-refractivity contribution < 1.29 is 0 Å². The molecule has 2 aromatic carbocycles. The standard InChI is InChI=1S/C20H29N/c1-16(14-15-21-20(2,3)4)12-13-18-10-7-9-17-8-5-6-11-19(17)18/h5-11,16,21H,12-15H2,1-4H3. The van der Waals surface area contributed by atoms with Gasteiger partial charge in [-0.2, -0.15) is 0 Å². The molecule has 0 heterocycles. The molecule has 114 valence electrons. The lowest BCUT2D eigenvalue weighted by atomic mass is 9.95. The molecule has 0 aromatic heterocycles. The van der Waals surface area contributed by atoms with Crippen LogP contribution in [0.2, 0.25) is 0 Å². The Labute approximate surface area is 129 Å². The van der Waals surface area contributed by atoms with Gasteiger partial charge >= 0.3 is 0 Å². The smallest absolute Gasteiger partial charge is 0.00965 e. The van der Waals surface area contributed by atoms with Crippen LogP contribution in [0.1, 0.15) is 46.1 Å². The van der Waals surface area contributed by atoms with E-state index in [-0.39, 0.29) is 5.54 Å². The van der Waals surface area contributed by atoms with Gasteiger partial charge in [-0.1, -0.05) is 49.4 Å². The lowest BCUT2D eigenvalue weighted by Gasteiger charge is -2.22. The molecule has 1 N–H and O–H groups in total. The zero-order valence-electron chi connectivity index (χ0n) is 13.9. The van der Waals surface area contributed by atoms with Crippen LogP contribution in [-0.2, 0) is 6.42 Å². The minimum absolute atomic E-state index is 0.232. The van der Waals surface area contributed by atoms with E-state index in [9.17, 15) is 0 Å². The first-order valence-electron chi connectivity index (χ1n) is 8.17. The second-order valence-electron chi connectivity index (χ2n) is 7.25. The second-order valence-corrected chi connectivity index (χ2v) is 7.25. The van der Waals surface area contributed by atoms with Crippen LogP contribution >= 0.6 is 0 Å². The molecule has 1 heteroatoms. The number of nitrogens with one attached hydrogen (secondary N) is 1. The molecule has 0 radical (unpaired) electrons. The van der Waals surface area contributed by atoms with Gasteiger partial charge in [-0.05, 0) is 68.8 Å². The summed E-state index contributed by atoms with van der Waals surface area (Å²) >= 11 is 0. The molecule has 1 atom stereocenters. The van der Waals surface area contributed by atoms with Crippen LogP contribution in [0.4, 0.5) is 0 Å². The summed E-state index contributed by atoms with van der Waals surface area (Å²) in [5, 5.41) is 6.36. The summed E-state index contributed by atoms with van der Waals surface area (Å²) in [7, 11) is 0. The van der Waals surface area contributed by atoms with Crippen LogP contribution in [0.15, 0.2) is 42.5 Å². The fourth-order valence-electron chi connectivity index (χ4n) is 2.75. The van der Waals surface area contributed by atoms with E-state index >= 15 is 0 Å². The molecule has 0 bridgehead atoms. The molecule has 0 saturated heterocycles. The first-order chi connectivity index (χ1) is 9.96. The third kappa shape index (κ3) is 5.17. The van der Waals surface area contributed by atoms with Gasteiger partial charge in [-0.25, -0.2) is 0 Å². The van der Waals surface area contributed by atoms with E-state index in [0.29, 0.717) is 0 Å². The Balaban J connectivity index is 1.87. The number of aryl methyl sites for hydroxylation is 1. The summed E-state index contributed by atoms with van der Waals surface area (Å²) in [4.78, 5) is 0. The SMILES string of the molecule is CC(CCNC(C)(C)C)CCc1cccc2ccccc12. The van der Waals surface area contributed by atoms with Crippen LogP contribution < -0.4 is 5.32 Å². The normalized spacial score (nSPS) is 13.5. The lowest BCUT2D eigenvalue weighted by Crippen LogP contribution is -2.36. The first kappa shape index (κ1) is 16.0. The Morgan fingerprint density at radius 1 is 0.952 bits per heavy atom. The van der Waals surface area contributed by atoms with Crippen molar-refractivity contribution in [2.75, 3.05) is 6.54 Å². The zero-order chi connectivity index (χ0) is 15.3. The minimum Gasteiger partial charge on any atom is -0.312 e. The van der Waals surface area contributed by atoms with Gasteiger partial charge in [0.25, 0.3) is 0 Å². The molecule has 2 aromatic rings. The van der Waals surface area contributed by atoms with E-state index in [1.165, 1.54) is 35.6 Å².